The zero-order valence-corrected chi connectivity index (χ0v) is 11.5. The van der Waals surface area contributed by atoms with Crippen molar-refractivity contribution in [2.75, 3.05) is 11.9 Å². The monoisotopic (exact) mass is 278 g/mol. The fourth-order valence-electron chi connectivity index (χ4n) is 2.23. The summed E-state index contributed by atoms with van der Waals surface area (Å²) < 4.78 is 0. The van der Waals surface area contributed by atoms with Crippen molar-refractivity contribution >= 4 is 28.6 Å². The van der Waals surface area contributed by atoms with Crippen molar-refractivity contribution in [1.29, 1.82) is 0 Å². The van der Waals surface area contributed by atoms with Crippen LogP contribution in [0.2, 0.25) is 0 Å². The topological polar surface area (TPSA) is 53.4 Å². The first kappa shape index (κ1) is 13.1. The van der Waals surface area contributed by atoms with Crippen LogP contribution in [0.25, 0.3) is 10.9 Å². The second kappa shape index (κ2) is 5.25. The van der Waals surface area contributed by atoms with Crippen molar-refractivity contribution in [3.8, 4) is 5.75 Å². The smallest absolute Gasteiger partial charge is 0.168 e. The zero-order valence-electron chi connectivity index (χ0n) is 11.5. The number of carbonyl (C=O) groups is 1. The largest absolute Gasteiger partial charge is 0.508 e. The normalized spacial score (nSPS) is 10.5. The maximum absolute atomic E-state index is 10.7. The maximum atomic E-state index is 10.7. The Morgan fingerprint density at radius 3 is 2.43 bits per heavy atom. The van der Waals surface area contributed by atoms with Gasteiger partial charge in [0.15, 0.2) is 6.29 Å². The molecule has 21 heavy (non-hydrogen) atoms. The van der Waals surface area contributed by atoms with Gasteiger partial charge in [0.05, 0.1) is 5.52 Å². The molecule has 0 saturated carbocycles. The van der Waals surface area contributed by atoms with E-state index in [-0.39, 0.29) is 5.75 Å². The fraction of sp³-hybridized carbons (Fsp3) is 0.0588. The van der Waals surface area contributed by atoms with Gasteiger partial charge in [-0.25, -0.2) is 4.98 Å². The molecule has 0 aliphatic heterocycles. The molecule has 0 fully saturated rings. The summed E-state index contributed by atoms with van der Waals surface area (Å²) in [6.45, 7) is 0. The minimum absolute atomic E-state index is 0.247. The third-order valence-corrected chi connectivity index (χ3v) is 3.44. The van der Waals surface area contributed by atoms with E-state index in [2.05, 4.69) is 4.98 Å². The van der Waals surface area contributed by atoms with Crippen LogP contribution in [-0.2, 0) is 0 Å². The Kier molecular flexibility index (Phi) is 3.28. The van der Waals surface area contributed by atoms with E-state index in [1.54, 1.807) is 18.2 Å². The summed E-state index contributed by atoms with van der Waals surface area (Å²) in [4.78, 5) is 17.0. The number of aromatic hydroxyl groups is 1. The Balaban J connectivity index is 2.00. The van der Waals surface area contributed by atoms with Crippen molar-refractivity contribution in [2.45, 2.75) is 0 Å². The number of hydrogen-bond donors (Lipinski definition) is 1. The standard InChI is InChI=1S/C17H14N2O2/c1-19(14-4-7-16(21)8-5-14)15-6-9-17-12(10-15)2-3-13(11-20)18-17/h2-11,21H,1H3. The number of rotatable bonds is 3. The molecule has 4 nitrogen and oxygen atoms in total. The lowest BCUT2D eigenvalue weighted by atomic mass is 10.1. The number of hydrogen-bond acceptors (Lipinski definition) is 4. The average molecular weight is 278 g/mol. The highest BCUT2D eigenvalue weighted by molar-refractivity contribution is 5.86. The van der Waals surface area contributed by atoms with E-state index in [1.165, 1.54) is 0 Å². The number of fused-ring (bicyclic) bond motifs is 1. The molecule has 0 atom stereocenters. The second-order valence-electron chi connectivity index (χ2n) is 4.81. The minimum atomic E-state index is 0.247. The lowest BCUT2D eigenvalue weighted by molar-refractivity contribution is 0.111. The lowest BCUT2D eigenvalue weighted by Gasteiger charge is -2.20. The van der Waals surface area contributed by atoms with Crippen molar-refractivity contribution in [3.05, 3.63) is 60.3 Å². The minimum Gasteiger partial charge on any atom is -0.508 e. The number of nitrogens with zero attached hydrogens (tertiary/aromatic N) is 2. The Morgan fingerprint density at radius 2 is 1.71 bits per heavy atom. The predicted molar refractivity (Wildman–Crippen MR) is 83.3 cm³/mol. The van der Waals surface area contributed by atoms with Crippen LogP contribution >= 0.6 is 0 Å². The molecule has 0 spiro atoms. The lowest BCUT2D eigenvalue weighted by Crippen LogP contribution is -2.09. The first-order valence-electron chi connectivity index (χ1n) is 6.56. The molecule has 3 rings (SSSR count). The molecular formula is C17H14N2O2. The molecule has 1 N–H and O–H groups in total. The first-order valence-corrected chi connectivity index (χ1v) is 6.56. The third kappa shape index (κ3) is 2.56. The molecule has 0 unspecified atom stereocenters. The number of benzene rings is 2. The molecule has 1 aromatic heterocycles. The van der Waals surface area contributed by atoms with Crippen molar-refractivity contribution in [3.63, 3.8) is 0 Å². The summed E-state index contributed by atoms with van der Waals surface area (Å²) in [6.07, 6.45) is 0.746. The van der Waals surface area contributed by atoms with E-state index in [4.69, 9.17) is 0 Å². The number of aromatic nitrogens is 1. The third-order valence-electron chi connectivity index (χ3n) is 3.44. The Hall–Kier alpha value is -2.88. The summed E-state index contributed by atoms with van der Waals surface area (Å²) in [7, 11) is 1.96. The van der Waals surface area contributed by atoms with Crippen LogP contribution in [0, 0.1) is 0 Å². The highest BCUT2D eigenvalue weighted by Gasteiger charge is 2.06. The summed E-state index contributed by atoms with van der Waals surface area (Å²) in [6, 6.07) is 16.5. The second-order valence-corrected chi connectivity index (χ2v) is 4.81. The van der Waals surface area contributed by atoms with Gasteiger partial charge < -0.3 is 10.0 Å². The van der Waals surface area contributed by atoms with Gasteiger partial charge in [0.2, 0.25) is 0 Å². The average Bonchev–Trinajstić information content (AvgIpc) is 2.54. The van der Waals surface area contributed by atoms with Gasteiger partial charge in [0.1, 0.15) is 11.4 Å². The molecule has 0 radical (unpaired) electrons. The SMILES string of the molecule is CN(c1ccc(O)cc1)c1ccc2nc(C=O)ccc2c1. The van der Waals surface area contributed by atoms with Crippen molar-refractivity contribution in [2.24, 2.45) is 0 Å². The van der Waals surface area contributed by atoms with Gasteiger partial charge >= 0.3 is 0 Å². The van der Waals surface area contributed by atoms with E-state index in [0.717, 1.165) is 28.6 Å². The van der Waals surface area contributed by atoms with E-state index >= 15 is 0 Å². The number of anilines is 2. The van der Waals surface area contributed by atoms with Gasteiger partial charge in [-0.1, -0.05) is 6.07 Å². The quantitative estimate of drug-likeness (QED) is 0.745. The zero-order chi connectivity index (χ0) is 14.8. The van der Waals surface area contributed by atoms with Crippen molar-refractivity contribution in [1.82, 2.24) is 4.98 Å². The van der Waals surface area contributed by atoms with Gasteiger partial charge in [0.25, 0.3) is 0 Å². The molecule has 0 saturated heterocycles. The van der Waals surface area contributed by atoms with Gasteiger partial charge in [0, 0.05) is 23.8 Å². The molecular weight excluding hydrogens is 264 g/mol. The van der Waals surface area contributed by atoms with E-state index in [0.29, 0.717) is 5.69 Å². The molecule has 4 heteroatoms. The van der Waals surface area contributed by atoms with Gasteiger partial charge in [-0.05, 0) is 48.5 Å². The number of phenolic OH excluding ortho intramolecular Hbond substituents is 1. The summed E-state index contributed by atoms with van der Waals surface area (Å²) in [5.74, 6) is 0.247. The van der Waals surface area contributed by atoms with Gasteiger partial charge in [-0.3, -0.25) is 4.79 Å². The molecule has 3 aromatic rings. The fourth-order valence-corrected chi connectivity index (χ4v) is 2.23. The van der Waals surface area contributed by atoms with E-state index in [9.17, 15) is 9.90 Å². The van der Waals surface area contributed by atoms with Crippen LogP contribution in [0.5, 0.6) is 5.75 Å². The number of carbonyl (C=O) groups excluding carboxylic acids is 1. The first-order chi connectivity index (χ1) is 10.2. The molecule has 0 bridgehead atoms. The van der Waals surface area contributed by atoms with Crippen LogP contribution < -0.4 is 4.90 Å². The maximum Gasteiger partial charge on any atom is 0.168 e. The molecule has 2 aromatic carbocycles. The summed E-state index contributed by atoms with van der Waals surface area (Å²) >= 11 is 0. The highest BCUT2D eigenvalue weighted by atomic mass is 16.3. The molecule has 104 valence electrons. The van der Waals surface area contributed by atoms with Crippen LogP contribution in [0.4, 0.5) is 11.4 Å². The van der Waals surface area contributed by atoms with Gasteiger partial charge in [-0.15, -0.1) is 0 Å². The summed E-state index contributed by atoms with van der Waals surface area (Å²) in [5, 5.41) is 10.3. The highest BCUT2D eigenvalue weighted by Crippen LogP contribution is 2.27. The molecule has 0 aliphatic rings. The van der Waals surface area contributed by atoms with Crippen molar-refractivity contribution < 1.29 is 9.90 Å². The molecule has 1 heterocycles. The Bertz CT molecular complexity index is 797. The summed E-state index contributed by atoms with van der Waals surface area (Å²) in [5.41, 5.74) is 3.21. The van der Waals surface area contributed by atoms with Gasteiger partial charge in [-0.2, -0.15) is 0 Å². The van der Waals surface area contributed by atoms with Crippen LogP contribution in [0.15, 0.2) is 54.6 Å². The van der Waals surface area contributed by atoms with Crippen LogP contribution in [-0.4, -0.2) is 23.4 Å². The molecule has 0 aliphatic carbocycles. The number of aldehydes is 1. The van der Waals surface area contributed by atoms with E-state index < -0.39 is 0 Å². The number of pyridine rings is 1. The molecule has 0 amide bonds. The van der Waals surface area contributed by atoms with Crippen LogP contribution in [0.3, 0.4) is 0 Å². The Labute approximate surface area is 122 Å². The predicted octanol–water partition coefficient (Wildman–Crippen LogP) is 3.52. The number of phenols is 1. The van der Waals surface area contributed by atoms with Crippen LogP contribution in [0.1, 0.15) is 10.5 Å². The Morgan fingerprint density at radius 1 is 1.00 bits per heavy atom. The van der Waals surface area contributed by atoms with E-state index in [1.807, 2.05) is 48.3 Å².